The van der Waals surface area contributed by atoms with Crippen LogP contribution in [0.4, 0.5) is 0 Å². The molecule has 0 unspecified atom stereocenters. The summed E-state index contributed by atoms with van der Waals surface area (Å²) in [5.41, 5.74) is 2.38. The van der Waals surface area contributed by atoms with Crippen molar-refractivity contribution >= 4 is 12.4 Å². The molecular formula is C21H36ClNO2. The smallest absolute Gasteiger partial charge is 0.164 e. The number of ether oxygens (including phenoxy) is 2. The Kier molecular flexibility index (Phi) is 14.4. The molecule has 0 aliphatic carbocycles. The highest BCUT2D eigenvalue weighted by molar-refractivity contribution is 5.85. The maximum absolute atomic E-state index is 5.76. The van der Waals surface area contributed by atoms with Crippen molar-refractivity contribution in [3.63, 3.8) is 0 Å². The summed E-state index contributed by atoms with van der Waals surface area (Å²) in [4.78, 5) is 0. The lowest BCUT2D eigenvalue weighted by Crippen LogP contribution is -2.15. The predicted octanol–water partition coefficient (Wildman–Crippen LogP) is 5.69. The lowest BCUT2D eigenvalue weighted by Gasteiger charge is -2.16. The Bertz CT molecular complexity index is 477. The number of allylic oxidation sites excluding steroid dienone is 1. The molecule has 0 amide bonds. The van der Waals surface area contributed by atoms with Crippen LogP contribution in [0.1, 0.15) is 63.5 Å². The van der Waals surface area contributed by atoms with Gasteiger partial charge in [-0.3, -0.25) is 0 Å². The van der Waals surface area contributed by atoms with Gasteiger partial charge in [-0.15, -0.1) is 19.0 Å². The first-order valence-electron chi connectivity index (χ1n) is 9.40. The minimum atomic E-state index is 0. The van der Waals surface area contributed by atoms with E-state index in [0.29, 0.717) is 6.61 Å². The molecule has 1 aromatic carbocycles. The Morgan fingerprint density at radius 2 is 1.80 bits per heavy atom. The van der Waals surface area contributed by atoms with Gasteiger partial charge in [0.15, 0.2) is 11.5 Å². The van der Waals surface area contributed by atoms with E-state index >= 15 is 0 Å². The van der Waals surface area contributed by atoms with Crippen LogP contribution < -0.4 is 14.8 Å². The second kappa shape index (κ2) is 15.1. The quantitative estimate of drug-likeness (QED) is 0.337. The van der Waals surface area contributed by atoms with E-state index in [1.54, 1.807) is 7.11 Å². The summed E-state index contributed by atoms with van der Waals surface area (Å²) in [5.74, 6) is 1.66. The summed E-state index contributed by atoms with van der Waals surface area (Å²) < 4.78 is 11.3. The van der Waals surface area contributed by atoms with Crippen molar-refractivity contribution in [1.82, 2.24) is 5.32 Å². The van der Waals surface area contributed by atoms with Gasteiger partial charge in [-0.1, -0.05) is 51.2 Å². The van der Waals surface area contributed by atoms with Crippen LogP contribution in [-0.2, 0) is 13.0 Å². The van der Waals surface area contributed by atoms with Crippen molar-refractivity contribution in [1.29, 1.82) is 0 Å². The molecule has 0 aliphatic heterocycles. The van der Waals surface area contributed by atoms with E-state index in [9.17, 15) is 0 Å². The molecular weight excluding hydrogens is 334 g/mol. The SMILES string of the molecule is C=CCc1cc(CNCCCCCCCC)cc(OC)c1OCC.Cl. The van der Waals surface area contributed by atoms with Crippen molar-refractivity contribution < 1.29 is 9.47 Å². The molecule has 0 bridgehead atoms. The van der Waals surface area contributed by atoms with Gasteiger partial charge in [-0.05, 0) is 37.9 Å². The van der Waals surface area contributed by atoms with Crippen LogP contribution in [0.25, 0.3) is 0 Å². The summed E-state index contributed by atoms with van der Waals surface area (Å²) in [6.45, 7) is 10.7. The van der Waals surface area contributed by atoms with Crippen molar-refractivity contribution in [3.05, 3.63) is 35.9 Å². The molecule has 144 valence electrons. The average molecular weight is 370 g/mol. The van der Waals surface area contributed by atoms with Crippen LogP contribution >= 0.6 is 12.4 Å². The molecule has 0 radical (unpaired) electrons. The molecule has 1 aromatic rings. The number of halogens is 1. The van der Waals surface area contributed by atoms with E-state index in [0.717, 1.165) is 36.6 Å². The molecule has 3 nitrogen and oxygen atoms in total. The summed E-state index contributed by atoms with van der Waals surface area (Å²) >= 11 is 0. The zero-order valence-corrected chi connectivity index (χ0v) is 17.1. The monoisotopic (exact) mass is 369 g/mol. The van der Waals surface area contributed by atoms with Crippen LogP contribution in [0.15, 0.2) is 24.8 Å². The second-order valence-electron chi connectivity index (χ2n) is 6.16. The van der Waals surface area contributed by atoms with Gasteiger partial charge in [0.05, 0.1) is 13.7 Å². The summed E-state index contributed by atoms with van der Waals surface area (Å²) in [6, 6.07) is 4.27. The number of nitrogens with one attached hydrogen (secondary N) is 1. The topological polar surface area (TPSA) is 30.5 Å². The maximum atomic E-state index is 5.76. The van der Waals surface area contributed by atoms with Crippen LogP contribution in [-0.4, -0.2) is 20.3 Å². The molecule has 0 spiro atoms. The highest BCUT2D eigenvalue weighted by Gasteiger charge is 2.12. The highest BCUT2D eigenvalue weighted by atomic mass is 35.5. The first kappa shape index (κ1) is 23.8. The highest BCUT2D eigenvalue weighted by Crippen LogP contribution is 2.33. The lowest BCUT2D eigenvalue weighted by molar-refractivity contribution is 0.308. The van der Waals surface area contributed by atoms with Crippen molar-refractivity contribution in [2.24, 2.45) is 0 Å². The zero-order chi connectivity index (χ0) is 17.6. The third-order valence-electron chi connectivity index (χ3n) is 4.10. The molecule has 0 aliphatic rings. The molecule has 0 heterocycles. The summed E-state index contributed by atoms with van der Waals surface area (Å²) in [5, 5.41) is 3.54. The Morgan fingerprint density at radius 1 is 1.08 bits per heavy atom. The largest absolute Gasteiger partial charge is 0.493 e. The molecule has 4 heteroatoms. The van der Waals surface area contributed by atoms with E-state index in [1.807, 2.05) is 13.0 Å². The van der Waals surface area contributed by atoms with E-state index in [2.05, 4.69) is 31.0 Å². The summed E-state index contributed by atoms with van der Waals surface area (Å²) in [6.07, 6.45) is 10.7. The van der Waals surface area contributed by atoms with E-state index in [1.165, 1.54) is 44.1 Å². The molecule has 25 heavy (non-hydrogen) atoms. The normalized spacial score (nSPS) is 10.2. The second-order valence-corrected chi connectivity index (χ2v) is 6.16. The van der Waals surface area contributed by atoms with Gasteiger partial charge >= 0.3 is 0 Å². The van der Waals surface area contributed by atoms with Crippen molar-refractivity contribution in [3.8, 4) is 11.5 Å². The number of methoxy groups -OCH3 is 1. The Morgan fingerprint density at radius 3 is 2.44 bits per heavy atom. The van der Waals surface area contributed by atoms with E-state index in [4.69, 9.17) is 9.47 Å². The fourth-order valence-electron chi connectivity index (χ4n) is 2.86. The van der Waals surface area contributed by atoms with Crippen LogP contribution in [0.3, 0.4) is 0 Å². The number of unbranched alkanes of at least 4 members (excludes halogenated alkanes) is 5. The predicted molar refractivity (Wildman–Crippen MR) is 110 cm³/mol. The number of rotatable bonds is 14. The molecule has 1 N–H and O–H groups in total. The van der Waals surface area contributed by atoms with Crippen LogP contribution in [0, 0.1) is 0 Å². The van der Waals surface area contributed by atoms with Crippen molar-refractivity contribution in [2.75, 3.05) is 20.3 Å². The first-order valence-corrected chi connectivity index (χ1v) is 9.40. The molecule has 1 rings (SSSR count). The van der Waals surface area contributed by atoms with Gasteiger partial charge in [-0.25, -0.2) is 0 Å². The lowest BCUT2D eigenvalue weighted by atomic mass is 10.1. The van der Waals surface area contributed by atoms with Crippen molar-refractivity contribution in [2.45, 2.75) is 65.3 Å². The van der Waals surface area contributed by atoms with Gasteiger partial charge in [0.1, 0.15) is 0 Å². The third-order valence-corrected chi connectivity index (χ3v) is 4.10. The number of hydrogen-bond donors (Lipinski definition) is 1. The molecule has 0 atom stereocenters. The third kappa shape index (κ3) is 9.18. The molecule has 0 saturated carbocycles. The van der Waals surface area contributed by atoms with Gasteiger partial charge in [0, 0.05) is 12.1 Å². The van der Waals surface area contributed by atoms with E-state index < -0.39 is 0 Å². The van der Waals surface area contributed by atoms with E-state index in [-0.39, 0.29) is 12.4 Å². The Hall–Kier alpha value is -1.19. The summed E-state index contributed by atoms with van der Waals surface area (Å²) in [7, 11) is 1.70. The first-order chi connectivity index (χ1) is 11.8. The fourth-order valence-corrected chi connectivity index (χ4v) is 2.86. The zero-order valence-electron chi connectivity index (χ0n) is 16.2. The standard InChI is InChI=1S/C21H35NO2.ClH/c1-5-8-9-10-11-12-14-22-17-18-15-19(13-6-2)21(24-7-3)20(16-18)23-4;/h6,15-16,22H,2,5,7-14,17H2,1,3-4H3;1H. The minimum Gasteiger partial charge on any atom is -0.493 e. The van der Waals surface area contributed by atoms with Gasteiger partial charge in [-0.2, -0.15) is 0 Å². The molecule has 0 fully saturated rings. The molecule has 0 aromatic heterocycles. The fraction of sp³-hybridized carbons (Fsp3) is 0.619. The van der Waals surface area contributed by atoms with Gasteiger partial charge in [0.25, 0.3) is 0 Å². The molecule has 0 saturated heterocycles. The van der Waals surface area contributed by atoms with Gasteiger partial charge < -0.3 is 14.8 Å². The van der Waals surface area contributed by atoms with Crippen LogP contribution in [0.2, 0.25) is 0 Å². The maximum Gasteiger partial charge on any atom is 0.164 e. The average Bonchev–Trinajstić information content (AvgIpc) is 2.59. The Labute approximate surface area is 160 Å². The van der Waals surface area contributed by atoms with Crippen LogP contribution in [0.5, 0.6) is 11.5 Å². The Balaban J connectivity index is 0.00000576. The van der Waals surface area contributed by atoms with Gasteiger partial charge in [0.2, 0.25) is 0 Å². The minimum absolute atomic E-state index is 0. The number of hydrogen-bond acceptors (Lipinski definition) is 3. The number of benzene rings is 1.